The van der Waals surface area contributed by atoms with E-state index < -0.39 is 0 Å². The minimum Gasteiger partial charge on any atom is -0.497 e. The monoisotopic (exact) mass is 359 g/mol. The van der Waals surface area contributed by atoms with Gasteiger partial charge in [-0.25, -0.2) is 4.79 Å². The molecule has 3 heterocycles. The van der Waals surface area contributed by atoms with Crippen LogP contribution in [0.4, 0.5) is 4.79 Å². The molecule has 1 aromatic rings. The fraction of sp³-hybridized carbons (Fsp3) is 0.650. The summed E-state index contributed by atoms with van der Waals surface area (Å²) in [6, 6.07) is 5.96. The number of rotatable bonds is 2. The van der Waals surface area contributed by atoms with Crippen LogP contribution in [0.15, 0.2) is 18.2 Å². The van der Waals surface area contributed by atoms with E-state index in [1.807, 2.05) is 23.1 Å². The van der Waals surface area contributed by atoms with Crippen LogP contribution in [0.1, 0.15) is 31.2 Å². The summed E-state index contributed by atoms with van der Waals surface area (Å²) in [5.74, 6) is 1.66. The minimum absolute atomic E-state index is 0.0261. The fourth-order valence-electron chi connectivity index (χ4n) is 4.48. The Morgan fingerprint density at radius 2 is 2.04 bits per heavy atom. The number of hydrogen-bond acceptors (Lipinski definition) is 4. The van der Waals surface area contributed by atoms with Crippen LogP contribution in [-0.2, 0) is 6.42 Å². The number of nitrogens with zero attached hydrogens (tertiary/aromatic N) is 1. The number of nitrogens with one attached hydrogen (secondary N) is 2. The lowest BCUT2D eigenvalue weighted by Gasteiger charge is -2.44. The number of hydrogen-bond donors (Lipinski definition) is 2. The Morgan fingerprint density at radius 3 is 2.77 bits per heavy atom. The average molecular weight is 359 g/mol. The van der Waals surface area contributed by atoms with E-state index in [1.165, 1.54) is 12.8 Å². The quantitative estimate of drug-likeness (QED) is 0.850. The molecule has 1 spiro atoms. The number of methoxy groups -OCH3 is 1. The van der Waals surface area contributed by atoms with Crippen molar-refractivity contribution in [2.45, 2.75) is 38.1 Å². The summed E-state index contributed by atoms with van der Waals surface area (Å²) in [5.41, 5.74) is 1.59. The number of likely N-dealkylation sites (tertiary alicyclic amines) is 1. The van der Waals surface area contributed by atoms with Gasteiger partial charge in [-0.3, -0.25) is 0 Å². The maximum absolute atomic E-state index is 12.7. The van der Waals surface area contributed by atoms with Gasteiger partial charge in [-0.15, -0.1) is 0 Å². The highest BCUT2D eigenvalue weighted by atomic mass is 16.5. The van der Waals surface area contributed by atoms with Crippen LogP contribution in [-0.4, -0.2) is 56.9 Å². The molecule has 1 unspecified atom stereocenters. The first-order valence-corrected chi connectivity index (χ1v) is 9.73. The van der Waals surface area contributed by atoms with E-state index in [9.17, 15) is 4.79 Å². The van der Waals surface area contributed by atoms with Crippen LogP contribution in [0.5, 0.6) is 11.5 Å². The average Bonchev–Trinajstić information content (AvgIpc) is 2.68. The van der Waals surface area contributed by atoms with Crippen molar-refractivity contribution in [2.24, 2.45) is 5.41 Å². The molecule has 6 heteroatoms. The molecular weight excluding hydrogens is 330 g/mol. The number of piperidine rings is 2. The highest BCUT2D eigenvalue weighted by molar-refractivity contribution is 5.74. The first-order chi connectivity index (χ1) is 12.7. The Bertz CT molecular complexity index is 648. The minimum atomic E-state index is 0.0261. The molecule has 2 fully saturated rings. The number of carbonyl (C=O) groups excluding carboxylic acids is 1. The second-order valence-electron chi connectivity index (χ2n) is 7.87. The zero-order valence-corrected chi connectivity index (χ0v) is 15.6. The third kappa shape index (κ3) is 3.61. The molecule has 0 aromatic heterocycles. The summed E-state index contributed by atoms with van der Waals surface area (Å²) in [5, 5.41) is 6.61. The van der Waals surface area contributed by atoms with E-state index >= 15 is 0 Å². The van der Waals surface area contributed by atoms with Crippen molar-refractivity contribution in [1.82, 2.24) is 15.5 Å². The smallest absolute Gasteiger partial charge is 0.317 e. The molecule has 2 saturated heterocycles. The predicted molar refractivity (Wildman–Crippen MR) is 99.9 cm³/mol. The highest BCUT2D eigenvalue weighted by Crippen LogP contribution is 2.39. The Morgan fingerprint density at radius 1 is 1.27 bits per heavy atom. The Balaban J connectivity index is 1.30. The summed E-state index contributed by atoms with van der Waals surface area (Å²) in [6.45, 7) is 4.49. The van der Waals surface area contributed by atoms with Crippen molar-refractivity contribution in [3.63, 3.8) is 0 Å². The van der Waals surface area contributed by atoms with Gasteiger partial charge in [-0.1, -0.05) is 6.07 Å². The zero-order chi connectivity index (χ0) is 18.0. The molecule has 4 rings (SSSR count). The van der Waals surface area contributed by atoms with Crippen LogP contribution < -0.4 is 20.1 Å². The van der Waals surface area contributed by atoms with Gasteiger partial charge in [0.05, 0.1) is 13.2 Å². The second-order valence-corrected chi connectivity index (χ2v) is 7.87. The SMILES string of the molecule is COc1ccc2c(c1)OCC(NC(=O)N1CCC3(CCNCC3)CC1)C2. The number of fused-ring (bicyclic) bond motifs is 1. The molecule has 0 saturated carbocycles. The van der Waals surface area contributed by atoms with Gasteiger partial charge in [0.15, 0.2) is 0 Å². The molecule has 142 valence electrons. The number of ether oxygens (including phenoxy) is 2. The number of carbonyl (C=O) groups is 1. The Hall–Kier alpha value is -1.95. The fourth-order valence-corrected chi connectivity index (χ4v) is 4.48. The number of amides is 2. The molecular formula is C20H29N3O3. The lowest BCUT2D eigenvalue weighted by molar-refractivity contribution is 0.0852. The first-order valence-electron chi connectivity index (χ1n) is 9.73. The third-order valence-electron chi connectivity index (χ3n) is 6.28. The molecule has 1 atom stereocenters. The van der Waals surface area contributed by atoms with E-state index in [0.29, 0.717) is 12.0 Å². The molecule has 2 N–H and O–H groups in total. The van der Waals surface area contributed by atoms with Crippen LogP contribution in [0.2, 0.25) is 0 Å². The van der Waals surface area contributed by atoms with Gasteiger partial charge in [-0.05, 0) is 62.2 Å². The van der Waals surface area contributed by atoms with Crippen LogP contribution in [0.25, 0.3) is 0 Å². The van der Waals surface area contributed by atoms with E-state index in [2.05, 4.69) is 10.6 Å². The van der Waals surface area contributed by atoms with E-state index in [4.69, 9.17) is 9.47 Å². The van der Waals surface area contributed by atoms with Crippen molar-refractivity contribution < 1.29 is 14.3 Å². The lowest BCUT2D eigenvalue weighted by atomic mass is 9.72. The molecule has 1 aromatic carbocycles. The van der Waals surface area contributed by atoms with Crippen LogP contribution in [0.3, 0.4) is 0 Å². The standard InChI is InChI=1S/C20H29N3O3/c1-25-17-3-2-15-12-16(14-26-18(15)13-17)22-19(24)23-10-6-20(7-11-23)4-8-21-9-5-20/h2-3,13,16,21H,4-12,14H2,1H3,(H,22,24). The van der Waals surface area contributed by atoms with Gasteiger partial charge in [0.2, 0.25) is 0 Å². The molecule has 26 heavy (non-hydrogen) atoms. The van der Waals surface area contributed by atoms with Gasteiger partial charge >= 0.3 is 6.03 Å². The van der Waals surface area contributed by atoms with Crippen molar-refractivity contribution in [1.29, 1.82) is 0 Å². The largest absolute Gasteiger partial charge is 0.497 e. The van der Waals surface area contributed by atoms with Crippen molar-refractivity contribution >= 4 is 6.03 Å². The van der Waals surface area contributed by atoms with E-state index in [1.54, 1.807) is 7.11 Å². The Kier molecular flexibility index (Phi) is 4.94. The number of urea groups is 1. The summed E-state index contributed by atoms with van der Waals surface area (Å²) < 4.78 is 11.1. The van der Waals surface area contributed by atoms with Crippen molar-refractivity contribution in [3.05, 3.63) is 23.8 Å². The summed E-state index contributed by atoms with van der Waals surface area (Å²) in [6.07, 6.45) is 5.56. The normalized spacial score (nSPS) is 24.5. The van der Waals surface area contributed by atoms with E-state index in [0.717, 1.165) is 62.5 Å². The van der Waals surface area contributed by atoms with E-state index in [-0.39, 0.29) is 12.1 Å². The highest BCUT2D eigenvalue weighted by Gasteiger charge is 2.37. The molecule has 0 radical (unpaired) electrons. The Labute approximate surface area is 155 Å². The zero-order valence-electron chi connectivity index (χ0n) is 15.6. The molecule has 3 aliphatic heterocycles. The van der Waals surface area contributed by atoms with Crippen molar-refractivity contribution in [2.75, 3.05) is 39.9 Å². The van der Waals surface area contributed by atoms with Crippen LogP contribution >= 0.6 is 0 Å². The molecule has 0 aliphatic carbocycles. The van der Waals surface area contributed by atoms with Gasteiger partial charge in [-0.2, -0.15) is 0 Å². The third-order valence-corrected chi connectivity index (χ3v) is 6.28. The molecule has 0 bridgehead atoms. The summed E-state index contributed by atoms with van der Waals surface area (Å²) in [4.78, 5) is 14.7. The molecule has 6 nitrogen and oxygen atoms in total. The maximum atomic E-state index is 12.7. The van der Waals surface area contributed by atoms with Gasteiger partial charge in [0, 0.05) is 19.2 Å². The topological polar surface area (TPSA) is 62.8 Å². The first kappa shape index (κ1) is 17.5. The van der Waals surface area contributed by atoms with Crippen LogP contribution in [0, 0.1) is 5.41 Å². The summed E-state index contributed by atoms with van der Waals surface area (Å²) in [7, 11) is 1.65. The van der Waals surface area contributed by atoms with Gasteiger partial charge < -0.3 is 25.0 Å². The lowest BCUT2D eigenvalue weighted by Crippen LogP contribution is -2.53. The second kappa shape index (κ2) is 7.35. The summed E-state index contributed by atoms with van der Waals surface area (Å²) >= 11 is 0. The van der Waals surface area contributed by atoms with Crippen molar-refractivity contribution in [3.8, 4) is 11.5 Å². The van der Waals surface area contributed by atoms with Gasteiger partial charge in [0.1, 0.15) is 18.1 Å². The number of benzene rings is 1. The maximum Gasteiger partial charge on any atom is 0.317 e. The predicted octanol–water partition coefficient (Wildman–Crippen LogP) is 2.17. The van der Waals surface area contributed by atoms with Gasteiger partial charge in [0.25, 0.3) is 0 Å². The molecule has 2 amide bonds. The molecule has 3 aliphatic rings.